The summed E-state index contributed by atoms with van der Waals surface area (Å²) in [7, 11) is 0. The molecule has 0 saturated heterocycles. The molecule has 0 N–H and O–H groups in total. The maximum atomic E-state index is 4.32. The fraction of sp³-hybridized carbons (Fsp3) is 0.727. The fourth-order valence-corrected chi connectivity index (χ4v) is 0.752. The summed E-state index contributed by atoms with van der Waals surface area (Å²) in [4.78, 5) is 4.32. The predicted molar refractivity (Wildman–Crippen MR) is 59.0 cm³/mol. The predicted octanol–water partition coefficient (Wildman–Crippen LogP) is 3.85. The number of allylic oxidation sites excluding steroid dienone is 2. The van der Waals surface area contributed by atoms with Gasteiger partial charge in [0.15, 0.2) is 0 Å². The van der Waals surface area contributed by atoms with Crippen molar-refractivity contribution < 1.29 is 0 Å². The van der Waals surface area contributed by atoms with Gasteiger partial charge in [0.1, 0.15) is 0 Å². The van der Waals surface area contributed by atoms with Crippen LogP contribution in [0.4, 0.5) is 0 Å². The Morgan fingerprint density at radius 3 is 2.00 bits per heavy atom. The number of nitrogens with zero attached hydrogens (tertiary/aromatic N) is 1. The number of hydrogen-bond donors (Lipinski definition) is 0. The van der Waals surface area contributed by atoms with E-state index in [0.29, 0.717) is 0 Å². The number of aliphatic imine (C=N–C) groups is 1. The first kappa shape index (κ1) is 14.0. The Bertz CT molecular complexity index is 139. The molecular formula is C11H23N. The maximum Gasteiger partial charge on any atom is 0.0389 e. The Labute approximate surface area is 77.6 Å². The number of rotatable bonds is 3. The molecule has 0 rings (SSSR count). The highest BCUT2D eigenvalue weighted by Crippen LogP contribution is 1.91. The minimum absolute atomic E-state index is 0.954. The molecule has 0 aromatic rings. The number of hydrogen-bond acceptors (Lipinski definition) is 1. The van der Waals surface area contributed by atoms with Gasteiger partial charge in [-0.3, -0.25) is 4.99 Å². The van der Waals surface area contributed by atoms with E-state index in [1.54, 1.807) is 0 Å². The molecule has 12 heavy (non-hydrogen) atoms. The van der Waals surface area contributed by atoms with Crippen LogP contribution in [0, 0.1) is 0 Å². The standard InChI is InChI=1S/C9H17N.C2H6/c1-5-6-10-9(4)7-8(2)3;1-2/h7H,5-6H2,1-4H3;1-2H3. The topological polar surface area (TPSA) is 12.4 Å². The maximum absolute atomic E-state index is 4.32. The largest absolute Gasteiger partial charge is 0.290 e. The van der Waals surface area contributed by atoms with Gasteiger partial charge in [-0.2, -0.15) is 0 Å². The summed E-state index contributed by atoms with van der Waals surface area (Å²) in [6, 6.07) is 0. The fourth-order valence-electron chi connectivity index (χ4n) is 0.752. The third-order valence-electron chi connectivity index (χ3n) is 1.08. The normalized spacial score (nSPS) is 10.0. The Balaban J connectivity index is 0. The van der Waals surface area contributed by atoms with Crippen molar-refractivity contribution in [2.24, 2.45) is 4.99 Å². The molecule has 1 heteroatoms. The Morgan fingerprint density at radius 1 is 1.17 bits per heavy atom. The average Bonchev–Trinajstić information content (AvgIpc) is 2.03. The van der Waals surface area contributed by atoms with Crippen LogP contribution in [-0.2, 0) is 0 Å². The van der Waals surface area contributed by atoms with Crippen LogP contribution in [0.5, 0.6) is 0 Å². The van der Waals surface area contributed by atoms with Crippen molar-refractivity contribution in [2.75, 3.05) is 6.54 Å². The summed E-state index contributed by atoms with van der Waals surface area (Å²) >= 11 is 0. The molecule has 0 saturated carbocycles. The molecule has 1 nitrogen and oxygen atoms in total. The molecule has 0 aliphatic rings. The summed E-state index contributed by atoms with van der Waals surface area (Å²) in [5.41, 5.74) is 2.46. The summed E-state index contributed by atoms with van der Waals surface area (Å²) in [6.07, 6.45) is 3.24. The van der Waals surface area contributed by atoms with Gasteiger partial charge in [0.05, 0.1) is 0 Å². The molecule has 0 radical (unpaired) electrons. The smallest absolute Gasteiger partial charge is 0.0389 e. The molecule has 0 bridgehead atoms. The van der Waals surface area contributed by atoms with Gasteiger partial charge >= 0.3 is 0 Å². The van der Waals surface area contributed by atoms with Crippen LogP contribution < -0.4 is 0 Å². The second-order valence-electron chi connectivity index (χ2n) is 2.74. The third-order valence-corrected chi connectivity index (χ3v) is 1.08. The summed E-state index contributed by atoms with van der Waals surface area (Å²) in [6.45, 7) is 13.3. The van der Waals surface area contributed by atoms with Crippen LogP contribution in [0.15, 0.2) is 16.6 Å². The van der Waals surface area contributed by atoms with E-state index >= 15 is 0 Å². The Kier molecular flexibility index (Phi) is 12.1. The second-order valence-corrected chi connectivity index (χ2v) is 2.74. The minimum Gasteiger partial charge on any atom is -0.290 e. The van der Waals surface area contributed by atoms with Crippen LogP contribution in [0.1, 0.15) is 48.0 Å². The first-order valence-electron chi connectivity index (χ1n) is 4.82. The summed E-state index contributed by atoms with van der Waals surface area (Å²) in [5, 5.41) is 0. The van der Waals surface area contributed by atoms with E-state index in [4.69, 9.17) is 0 Å². The monoisotopic (exact) mass is 169 g/mol. The van der Waals surface area contributed by atoms with Crippen molar-refractivity contribution in [1.29, 1.82) is 0 Å². The van der Waals surface area contributed by atoms with Gasteiger partial charge < -0.3 is 0 Å². The van der Waals surface area contributed by atoms with Gasteiger partial charge in [-0.1, -0.05) is 26.3 Å². The molecule has 0 aromatic heterocycles. The first-order valence-corrected chi connectivity index (χ1v) is 4.82. The molecule has 0 atom stereocenters. The molecule has 72 valence electrons. The summed E-state index contributed by atoms with van der Waals surface area (Å²) in [5.74, 6) is 0. The van der Waals surface area contributed by atoms with Crippen molar-refractivity contribution in [3.63, 3.8) is 0 Å². The Hall–Kier alpha value is -0.590. The van der Waals surface area contributed by atoms with Gasteiger partial charge in [-0.05, 0) is 33.3 Å². The van der Waals surface area contributed by atoms with Crippen molar-refractivity contribution >= 4 is 5.71 Å². The van der Waals surface area contributed by atoms with E-state index in [9.17, 15) is 0 Å². The van der Waals surface area contributed by atoms with Gasteiger partial charge in [0, 0.05) is 12.3 Å². The van der Waals surface area contributed by atoms with Crippen LogP contribution in [0.25, 0.3) is 0 Å². The molecule has 0 unspecified atom stereocenters. The van der Waals surface area contributed by atoms with Crippen molar-refractivity contribution in [2.45, 2.75) is 48.0 Å². The van der Waals surface area contributed by atoms with Crippen LogP contribution in [0.3, 0.4) is 0 Å². The second kappa shape index (κ2) is 10.4. The zero-order valence-electron chi connectivity index (χ0n) is 9.44. The zero-order chi connectivity index (χ0) is 9.98. The van der Waals surface area contributed by atoms with Crippen LogP contribution in [0.2, 0.25) is 0 Å². The van der Waals surface area contributed by atoms with Crippen molar-refractivity contribution in [3.05, 3.63) is 11.6 Å². The highest BCUT2D eigenvalue weighted by atomic mass is 14.7. The SMILES string of the molecule is CC.CCCN=C(C)C=C(C)C. The summed E-state index contributed by atoms with van der Waals surface area (Å²) < 4.78 is 0. The van der Waals surface area contributed by atoms with E-state index in [1.165, 1.54) is 5.57 Å². The lowest BCUT2D eigenvalue weighted by molar-refractivity contribution is 0.932. The quantitative estimate of drug-likeness (QED) is 0.569. The molecule has 0 aliphatic carbocycles. The molecular weight excluding hydrogens is 146 g/mol. The van der Waals surface area contributed by atoms with Crippen molar-refractivity contribution in [3.8, 4) is 0 Å². The first-order chi connectivity index (χ1) is 5.66. The average molecular weight is 169 g/mol. The highest BCUT2D eigenvalue weighted by molar-refractivity contribution is 5.93. The van der Waals surface area contributed by atoms with Gasteiger partial charge in [-0.15, -0.1) is 0 Å². The van der Waals surface area contributed by atoms with E-state index in [2.05, 4.69) is 31.8 Å². The van der Waals surface area contributed by atoms with Gasteiger partial charge in [-0.25, -0.2) is 0 Å². The molecule has 0 aromatic carbocycles. The zero-order valence-corrected chi connectivity index (χ0v) is 9.44. The van der Waals surface area contributed by atoms with Gasteiger partial charge in [0.2, 0.25) is 0 Å². The minimum atomic E-state index is 0.954. The van der Waals surface area contributed by atoms with E-state index in [1.807, 2.05) is 20.8 Å². The lowest BCUT2D eigenvalue weighted by Gasteiger charge is -1.92. The van der Waals surface area contributed by atoms with E-state index in [0.717, 1.165) is 18.7 Å². The third kappa shape index (κ3) is 12.1. The van der Waals surface area contributed by atoms with Crippen LogP contribution in [-0.4, -0.2) is 12.3 Å². The lowest BCUT2D eigenvalue weighted by atomic mass is 10.2. The Morgan fingerprint density at radius 2 is 1.67 bits per heavy atom. The van der Waals surface area contributed by atoms with E-state index in [-0.39, 0.29) is 0 Å². The molecule has 0 spiro atoms. The molecule has 0 fully saturated rings. The lowest BCUT2D eigenvalue weighted by Crippen LogP contribution is -1.88. The van der Waals surface area contributed by atoms with E-state index < -0.39 is 0 Å². The molecule has 0 heterocycles. The molecule has 0 aliphatic heterocycles. The van der Waals surface area contributed by atoms with Crippen molar-refractivity contribution in [1.82, 2.24) is 0 Å². The highest BCUT2D eigenvalue weighted by Gasteiger charge is 1.82. The van der Waals surface area contributed by atoms with Gasteiger partial charge in [0.25, 0.3) is 0 Å². The van der Waals surface area contributed by atoms with Crippen LogP contribution >= 0.6 is 0 Å². The molecule has 0 amide bonds.